The molecule has 1 fully saturated rings. The van der Waals surface area contributed by atoms with Crippen molar-refractivity contribution in [2.75, 3.05) is 45.7 Å². The van der Waals surface area contributed by atoms with Gasteiger partial charge in [-0.2, -0.15) is 4.31 Å². The maximum Gasteiger partial charge on any atom is 0.244 e. The molecule has 5 nitrogen and oxygen atoms in total. The second kappa shape index (κ2) is 6.64. The number of hydrogen-bond acceptors (Lipinski definition) is 4. The summed E-state index contributed by atoms with van der Waals surface area (Å²) in [5, 5.41) is 3.12. The van der Waals surface area contributed by atoms with Gasteiger partial charge in [0.2, 0.25) is 10.0 Å². The third-order valence-electron chi connectivity index (χ3n) is 3.79. The Hall–Kier alpha value is -0.630. The zero-order valence-corrected chi connectivity index (χ0v) is 15.0. The van der Waals surface area contributed by atoms with E-state index in [9.17, 15) is 8.42 Å². The molecule has 1 atom stereocenters. The number of nitrogens with zero attached hydrogens (tertiary/aromatic N) is 2. The summed E-state index contributed by atoms with van der Waals surface area (Å²) in [5.41, 5.74) is 0.878. The summed E-state index contributed by atoms with van der Waals surface area (Å²) in [6.07, 6.45) is 0.908. The summed E-state index contributed by atoms with van der Waals surface area (Å²) in [7, 11) is 2.25. The molecule has 1 saturated heterocycles. The summed E-state index contributed by atoms with van der Waals surface area (Å²) in [6, 6.07) is 5.42. The summed E-state index contributed by atoms with van der Waals surface area (Å²) < 4.78 is 27.9. The number of rotatable bonds is 5. The van der Waals surface area contributed by atoms with E-state index < -0.39 is 10.0 Å². The van der Waals surface area contributed by atoms with Crippen LogP contribution in [0.2, 0.25) is 0 Å². The summed E-state index contributed by atoms with van der Waals surface area (Å²) in [6.45, 7) is 2.03. The molecule has 0 amide bonds. The van der Waals surface area contributed by atoms with Crippen molar-refractivity contribution < 1.29 is 8.42 Å². The lowest BCUT2D eigenvalue weighted by molar-refractivity contribution is 0.451. The SMILES string of the molecule is CNCC1CCN(S(=O)(=O)c2cc(N(C)C)ccc2Br)C1. The van der Waals surface area contributed by atoms with Crippen LogP contribution in [0.25, 0.3) is 0 Å². The van der Waals surface area contributed by atoms with Crippen molar-refractivity contribution in [3.05, 3.63) is 22.7 Å². The molecular formula is C14H22BrN3O2S. The van der Waals surface area contributed by atoms with Crippen LogP contribution >= 0.6 is 15.9 Å². The molecule has 1 aliphatic rings. The van der Waals surface area contributed by atoms with E-state index in [4.69, 9.17) is 0 Å². The third-order valence-corrected chi connectivity index (χ3v) is 6.65. The van der Waals surface area contributed by atoms with E-state index in [1.807, 2.05) is 32.1 Å². The fourth-order valence-corrected chi connectivity index (χ4v) is 5.05. The van der Waals surface area contributed by atoms with Crippen molar-refractivity contribution in [2.24, 2.45) is 5.92 Å². The molecule has 0 saturated carbocycles. The normalized spacial score (nSPS) is 19.9. The van der Waals surface area contributed by atoms with Gasteiger partial charge in [-0.15, -0.1) is 0 Å². The third kappa shape index (κ3) is 3.59. The highest BCUT2D eigenvalue weighted by molar-refractivity contribution is 9.10. The van der Waals surface area contributed by atoms with E-state index in [0.29, 0.717) is 28.4 Å². The minimum Gasteiger partial charge on any atom is -0.378 e. The summed E-state index contributed by atoms with van der Waals surface area (Å²) in [5.74, 6) is 0.389. The molecule has 1 heterocycles. The molecule has 0 bridgehead atoms. The number of sulfonamides is 1. The van der Waals surface area contributed by atoms with Crippen molar-refractivity contribution in [3.8, 4) is 0 Å². The van der Waals surface area contributed by atoms with Gasteiger partial charge in [0.15, 0.2) is 0 Å². The van der Waals surface area contributed by atoms with Crippen LogP contribution in [0.1, 0.15) is 6.42 Å². The molecule has 2 rings (SSSR count). The molecule has 0 spiro atoms. The zero-order chi connectivity index (χ0) is 15.6. The predicted molar refractivity (Wildman–Crippen MR) is 89.3 cm³/mol. The van der Waals surface area contributed by atoms with Crippen molar-refractivity contribution in [2.45, 2.75) is 11.3 Å². The highest BCUT2D eigenvalue weighted by Crippen LogP contribution is 2.31. The van der Waals surface area contributed by atoms with Gasteiger partial charge < -0.3 is 10.2 Å². The van der Waals surface area contributed by atoms with Gasteiger partial charge in [-0.25, -0.2) is 8.42 Å². The van der Waals surface area contributed by atoms with Crippen molar-refractivity contribution >= 4 is 31.6 Å². The molecule has 1 N–H and O–H groups in total. The summed E-state index contributed by atoms with van der Waals surface area (Å²) >= 11 is 3.37. The van der Waals surface area contributed by atoms with E-state index in [2.05, 4.69) is 21.2 Å². The van der Waals surface area contributed by atoms with Gasteiger partial charge in [0, 0.05) is 37.3 Å². The number of halogens is 1. The molecule has 0 radical (unpaired) electrons. The molecule has 0 aliphatic carbocycles. The quantitative estimate of drug-likeness (QED) is 0.851. The van der Waals surface area contributed by atoms with Gasteiger partial charge in [-0.1, -0.05) is 0 Å². The van der Waals surface area contributed by atoms with Crippen LogP contribution in [-0.2, 0) is 10.0 Å². The van der Waals surface area contributed by atoms with Crippen molar-refractivity contribution in [1.29, 1.82) is 0 Å². The molecule has 1 unspecified atom stereocenters. The lowest BCUT2D eigenvalue weighted by Gasteiger charge is -2.20. The maximum absolute atomic E-state index is 12.8. The number of nitrogens with one attached hydrogen (secondary N) is 1. The lowest BCUT2D eigenvalue weighted by Crippen LogP contribution is -2.30. The van der Waals surface area contributed by atoms with Crippen LogP contribution in [0.15, 0.2) is 27.6 Å². The van der Waals surface area contributed by atoms with Crippen LogP contribution in [0.3, 0.4) is 0 Å². The largest absolute Gasteiger partial charge is 0.378 e. The average molecular weight is 376 g/mol. The first-order valence-corrected chi connectivity index (χ1v) is 9.21. The molecule has 0 aromatic heterocycles. The molecule has 7 heteroatoms. The van der Waals surface area contributed by atoms with E-state index in [-0.39, 0.29) is 0 Å². The summed E-state index contributed by atoms with van der Waals surface area (Å²) in [4.78, 5) is 2.25. The monoisotopic (exact) mass is 375 g/mol. The molecule has 118 valence electrons. The Morgan fingerprint density at radius 2 is 2.14 bits per heavy atom. The van der Waals surface area contributed by atoms with Gasteiger partial charge in [0.1, 0.15) is 0 Å². The number of anilines is 1. The highest BCUT2D eigenvalue weighted by atomic mass is 79.9. The van der Waals surface area contributed by atoms with Crippen LogP contribution in [0.4, 0.5) is 5.69 Å². The Bertz CT molecular complexity index is 604. The lowest BCUT2D eigenvalue weighted by atomic mass is 10.1. The van der Waals surface area contributed by atoms with E-state index in [1.165, 1.54) is 0 Å². The second-order valence-corrected chi connectivity index (χ2v) is 8.35. The van der Waals surface area contributed by atoms with Crippen LogP contribution in [0.5, 0.6) is 0 Å². The van der Waals surface area contributed by atoms with E-state index in [1.54, 1.807) is 16.4 Å². The molecule has 21 heavy (non-hydrogen) atoms. The zero-order valence-electron chi connectivity index (χ0n) is 12.6. The first kappa shape index (κ1) is 16.7. The first-order chi connectivity index (χ1) is 9.86. The highest BCUT2D eigenvalue weighted by Gasteiger charge is 2.33. The Balaban J connectivity index is 2.30. The smallest absolute Gasteiger partial charge is 0.244 e. The Labute approximate surface area is 135 Å². The Morgan fingerprint density at radius 1 is 1.43 bits per heavy atom. The Morgan fingerprint density at radius 3 is 2.76 bits per heavy atom. The maximum atomic E-state index is 12.8. The van der Waals surface area contributed by atoms with Crippen molar-refractivity contribution in [3.63, 3.8) is 0 Å². The minimum absolute atomic E-state index is 0.346. The van der Waals surface area contributed by atoms with E-state index >= 15 is 0 Å². The first-order valence-electron chi connectivity index (χ1n) is 6.98. The fraction of sp³-hybridized carbons (Fsp3) is 0.571. The van der Waals surface area contributed by atoms with Gasteiger partial charge in [0.25, 0.3) is 0 Å². The minimum atomic E-state index is -3.44. The fourth-order valence-electron chi connectivity index (χ4n) is 2.58. The standard InChI is InChI=1S/C14H22BrN3O2S/c1-16-9-11-6-7-18(10-11)21(19,20)14-8-12(17(2)3)4-5-13(14)15/h4-5,8,11,16H,6-7,9-10H2,1-3H3. The van der Waals surface area contributed by atoms with Crippen LogP contribution in [-0.4, -0.2) is 53.5 Å². The molecule has 1 aromatic rings. The van der Waals surface area contributed by atoms with Crippen molar-refractivity contribution in [1.82, 2.24) is 9.62 Å². The van der Waals surface area contributed by atoms with Gasteiger partial charge in [-0.05, 0) is 60.1 Å². The number of hydrogen-bond donors (Lipinski definition) is 1. The molecule has 1 aliphatic heterocycles. The van der Waals surface area contributed by atoms with E-state index in [0.717, 1.165) is 18.7 Å². The predicted octanol–water partition coefficient (Wildman–Crippen LogP) is 1.75. The van der Waals surface area contributed by atoms with Gasteiger partial charge in [-0.3, -0.25) is 0 Å². The van der Waals surface area contributed by atoms with Crippen LogP contribution in [0, 0.1) is 5.92 Å². The number of benzene rings is 1. The average Bonchev–Trinajstić information content (AvgIpc) is 2.88. The topological polar surface area (TPSA) is 52.7 Å². The Kier molecular flexibility index (Phi) is 5.29. The molecular weight excluding hydrogens is 354 g/mol. The molecule has 1 aromatic carbocycles. The second-order valence-electron chi connectivity index (χ2n) is 5.58. The van der Waals surface area contributed by atoms with Gasteiger partial charge >= 0.3 is 0 Å². The van der Waals surface area contributed by atoms with Crippen LogP contribution < -0.4 is 10.2 Å². The van der Waals surface area contributed by atoms with Gasteiger partial charge in [0.05, 0.1) is 4.90 Å².